The van der Waals surface area contributed by atoms with Gasteiger partial charge in [0, 0.05) is 24.5 Å². The second-order valence-corrected chi connectivity index (χ2v) is 3.95. The molecule has 2 rings (SSSR count). The lowest BCUT2D eigenvalue weighted by molar-refractivity contribution is 0.280. The van der Waals surface area contributed by atoms with E-state index in [2.05, 4.69) is 10.2 Å². The molecule has 5 nitrogen and oxygen atoms in total. The molecular weight excluding hydrogens is 204 g/mol. The van der Waals surface area contributed by atoms with E-state index in [1.807, 2.05) is 37.8 Å². The second kappa shape index (κ2) is 4.09. The van der Waals surface area contributed by atoms with Gasteiger partial charge < -0.3 is 5.11 Å². The van der Waals surface area contributed by atoms with Crippen molar-refractivity contribution in [2.75, 3.05) is 0 Å². The summed E-state index contributed by atoms with van der Waals surface area (Å²) >= 11 is 0. The van der Waals surface area contributed by atoms with Gasteiger partial charge in [-0.2, -0.15) is 10.2 Å². The molecule has 2 heterocycles. The van der Waals surface area contributed by atoms with Crippen LogP contribution in [0.25, 0.3) is 0 Å². The molecule has 0 spiro atoms. The van der Waals surface area contributed by atoms with E-state index < -0.39 is 0 Å². The molecule has 0 atom stereocenters. The van der Waals surface area contributed by atoms with Crippen LogP contribution in [0.1, 0.15) is 22.6 Å². The van der Waals surface area contributed by atoms with Gasteiger partial charge in [0.1, 0.15) is 0 Å². The van der Waals surface area contributed by atoms with Crippen molar-refractivity contribution in [2.45, 2.75) is 27.0 Å². The summed E-state index contributed by atoms with van der Waals surface area (Å²) in [5.74, 6) is 0. The van der Waals surface area contributed by atoms with E-state index in [9.17, 15) is 5.11 Å². The normalized spacial score (nSPS) is 11.0. The van der Waals surface area contributed by atoms with Gasteiger partial charge in [-0.25, -0.2) is 0 Å². The number of hydrogen-bond acceptors (Lipinski definition) is 3. The zero-order valence-electron chi connectivity index (χ0n) is 9.80. The van der Waals surface area contributed by atoms with Crippen LogP contribution in [-0.2, 0) is 20.2 Å². The predicted molar refractivity (Wildman–Crippen MR) is 59.9 cm³/mol. The zero-order valence-corrected chi connectivity index (χ0v) is 9.80. The van der Waals surface area contributed by atoms with Crippen molar-refractivity contribution in [2.24, 2.45) is 7.05 Å². The van der Waals surface area contributed by atoms with Crippen molar-refractivity contribution in [3.63, 3.8) is 0 Å². The number of aliphatic hydroxyl groups is 1. The molecule has 0 fully saturated rings. The molecule has 0 saturated heterocycles. The molecule has 0 aliphatic carbocycles. The monoisotopic (exact) mass is 220 g/mol. The van der Waals surface area contributed by atoms with Gasteiger partial charge in [0.05, 0.1) is 24.5 Å². The Kier molecular flexibility index (Phi) is 2.78. The molecule has 0 unspecified atom stereocenters. The molecular formula is C11H16N4O. The molecule has 0 saturated carbocycles. The van der Waals surface area contributed by atoms with E-state index >= 15 is 0 Å². The van der Waals surface area contributed by atoms with E-state index in [4.69, 9.17) is 0 Å². The highest BCUT2D eigenvalue weighted by Gasteiger charge is 2.11. The molecule has 5 heteroatoms. The number of aryl methyl sites for hydroxylation is 2. The van der Waals surface area contributed by atoms with Crippen molar-refractivity contribution in [3.8, 4) is 0 Å². The average Bonchev–Trinajstić information content (AvgIpc) is 2.74. The summed E-state index contributed by atoms with van der Waals surface area (Å²) in [5.41, 5.74) is 3.77. The van der Waals surface area contributed by atoms with Crippen molar-refractivity contribution >= 4 is 0 Å². The Bertz CT molecular complexity index is 498. The van der Waals surface area contributed by atoms with E-state index in [0.29, 0.717) is 6.54 Å². The lowest BCUT2D eigenvalue weighted by Crippen LogP contribution is -2.05. The molecule has 0 amide bonds. The highest BCUT2D eigenvalue weighted by molar-refractivity contribution is 5.24. The second-order valence-electron chi connectivity index (χ2n) is 3.95. The van der Waals surface area contributed by atoms with Crippen LogP contribution in [0.15, 0.2) is 12.3 Å². The Morgan fingerprint density at radius 2 is 2.06 bits per heavy atom. The van der Waals surface area contributed by atoms with Gasteiger partial charge >= 0.3 is 0 Å². The number of hydrogen-bond donors (Lipinski definition) is 1. The lowest BCUT2D eigenvalue weighted by atomic mass is 10.2. The highest BCUT2D eigenvalue weighted by atomic mass is 16.3. The van der Waals surface area contributed by atoms with Crippen molar-refractivity contribution < 1.29 is 5.11 Å². The molecule has 86 valence electrons. The first-order valence-corrected chi connectivity index (χ1v) is 5.24. The van der Waals surface area contributed by atoms with Crippen molar-refractivity contribution in [1.82, 2.24) is 19.6 Å². The Labute approximate surface area is 94.3 Å². The smallest absolute Gasteiger partial charge is 0.0853 e. The summed E-state index contributed by atoms with van der Waals surface area (Å²) in [6.07, 6.45) is 1.91. The van der Waals surface area contributed by atoms with Crippen molar-refractivity contribution in [3.05, 3.63) is 34.9 Å². The van der Waals surface area contributed by atoms with Crippen LogP contribution in [0.5, 0.6) is 0 Å². The maximum Gasteiger partial charge on any atom is 0.0853 e. The summed E-state index contributed by atoms with van der Waals surface area (Å²) in [4.78, 5) is 0. The van der Waals surface area contributed by atoms with E-state index in [0.717, 1.165) is 22.6 Å². The average molecular weight is 220 g/mol. The van der Waals surface area contributed by atoms with Gasteiger partial charge in [-0.05, 0) is 19.9 Å². The fraction of sp³-hybridized carbons (Fsp3) is 0.455. The van der Waals surface area contributed by atoms with E-state index in [1.165, 1.54) is 0 Å². The minimum atomic E-state index is 0.0416. The first-order chi connectivity index (χ1) is 7.61. The quantitative estimate of drug-likeness (QED) is 0.831. The van der Waals surface area contributed by atoms with E-state index in [-0.39, 0.29) is 6.61 Å². The summed E-state index contributed by atoms with van der Waals surface area (Å²) in [6, 6.07) is 1.97. The van der Waals surface area contributed by atoms with Gasteiger partial charge in [0.2, 0.25) is 0 Å². The first-order valence-electron chi connectivity index (χ1n) is 5.24. The van der Waals surface area contributed by atoms with Crippen LogP contribution in [0.2, 0.25) is 0 Å². The Balaban J connectivity index is 2.28. The fourth-order valence-electron chi connectivity index (χ4n) is 1.82. The summed E-state index contributed by atoms with van der Waals surface area (Å²) < 4.78 is 3.65. The Hall–Kier alpha value is -1.62. The fourth-order valence-corrected chi connectivity index (χ4v) is 1.82. The highest BCUT2D eigenvalue weighted by Crippen LogP contribution is 2.13. The summed E-state index contributed by atoms with van der Waals surface area (Å²) in [5, 5.41) is 17.9. The van der Waals surface area contributed by atoms with Gasteiger partial charge in [-0.1, -0.05) is 0 Å². The van der Waals surface area contributed by atoms with Gasteiger partial charge in [0.15, 0.2) is 0 Å². The third-order valence-electron chi connectivity index (χ3n) is 2.77. The maximum absolute atomic E-state index is 9.21. The lowest BCUT2D eigenvalue weighted by Gasteiger charge is -2.02. The summed E-state index contributed by atoms with van der Waals surface area (Å²) in [7, 11) is 1.89. The third-order valence-corrected chi connectivity index (χ3v) is 2.77. The molecule has 0 bridgehead atoms. The number of rotatable bonds is 3. The van der Waals surface area contributed by atoms with E-state index in [1.54, 1.807) is 4.68 Å². The number of aromatic nitrogens is 4. The molecule has 2 aromatic heterocycles. The van der Waals surface area contributed by atoms with Crippen LogP contribution in [0.3, 0.4) is 0 Å². The minimum Gasteiger partial charge on any atom is -0.392 e. The standard InChI is InChI=1S/C11H16N4O/c1-8-11(7-16)9(2)15(12-8)6-10-4-5-14(3)13-10/h4-5,16H,6-7H2,1-3H3. The Morgan fingerprint density at radius 3 is 2.56 bits per heavy atom. The number of nitrogens with zero attached hydrogens (tertiary/aromatic N) is 4. The van der Waals surface area contributed by atoms with Crippen molar-refractivity contribution in [1.29, 1.82) is 0 Å². The van der Waals surface area contributed by atoms with Crippen LogP contribution >= 0.6 is 0 Å². The third kappa shape index (κ3) is 1.86. The SMILES string of the molecule is Cc1nn(Cc2ccn(C)n2)c(C)c1CO. The van der Waals surface area contributed by atoms with Crippen LogP contribution in [0, 0.1) is 13.8 Å². The van der Waals surface area contributed by atoms with Gasteiger partial charge in [-0.3, -0.25) is 9.36 Å². The molecule has 0 aromatic carbocycles. The van der Waals surface area contributed by atoms with Crippen LogP contribution in [0.4, 0.5) is 0 Å². The minimum absolute atomic E-state index is 0.0416. The first kappa shape index (κ1) is 10.9. The Morgan fingerprint density at radius 1 is 1.31 bits per heavy atom. The predicted octanol–water partition coefficient (Wildman–Crippen LogP) is 0.774. The largest absolute Gasteiger partial charge is 0.392 e. The van der Waals surface area contributed by atoms with Gasteiger partial charge in [-0.15, -0.1) is 0 Å². The molecule has 0 radical (unpaired) electrons. The molecule has 1 N–H and O–H groups in total. The summed E-state index contributed by atoms with van der Waals surface area (Å²) in [6.45, 7) is 4.56. The molecule has 16 heavy (non-hydrogen) atoms. The van der Waals surface area contributed by atoms with Crippen LogP contribution in [-0.4, -0.2) is 24.7 Å². The van der Waals surface area contributed by atoms with Gasteiger partial charge in [0.25, 0.3) is 0 Å². The van der Waals surface area contributed by atoms with Crippen LogP contribution < -0.4 is 0 Å². The maximum atomic E-state index is 9.21. The topological polar surface area (TPSA) is 55.9 Å². The molecule has 0 aliphatic rings. The zero-order chi connectivity index (χ0) is 11.7. The molecule has 2 aromatic rings. The molecule has 0 aliphatic heterocycles. The number of aliphatic hydroxyl groups excluding tert-OH is 1.